The highest BCUT2D eigenvalue weighted by Crippen LogP contribution is 2.29. The fourth-order valence-corrected chi connectivity index (χ4v) is 4.93. The molecule has 2 rings (SSSR count). The second kappa shape index (κ2) is 5.10. The van der Waals surface area contributed by atoms with Crippen molar-refractivity contribution in [2.45, 2.75) is 35.6 Å². The van der Waals surface area contributed by atoms with Crippen molar-refractivity contribution in [1.29, 1.82) is 0 Å². The fraction of sp³-hybridized carbons (Fsp3) is 0.700. The van der Waals surface area contributed by atoms with Crippen molar-refractivity contribution in [2.75, 3.05) is 12.0 Å². The van der Waals surface area contributed by atoms with Gasteiger partial charge in [-0.1, -0.05) is 6.42 Å². The molecule has 2 unspecified atom stereocenters. The molecule has 1 aliphatic rings. The Balaban J connectivity index is 2.23. The Labute approximate surface area is 111 Å². The van der Waals surface area contributed by atoms with Crippen LogP contribution in [-0.2, 0) is 17.1 Å². The van der Waals surface area contributed by atoms with Crippen molar-refractivity contribution in [2.24, 2.45) is 7.05 Å². The molecular weight excluding hydrogens is 272 g/mol. The first-order chi connectivity index (χ1) is 8.45. The monoisotopic (exact) mass is 290 g/mol. The van der Waals surface area contributed by atoms with E-state index < -0.39 is 10.0 Å². The van der Waals surface area contributed by atoms with Crippen molar-refractivity contribution < 1.29 is 8.42 Å². The molecule has 102 valence electrons. The molecule has 8 heteroatoms. The Hall–Kier alpha value is -0.730. The lowest BCUT2D eigenvalue weighted by atomic mass is 10.3. The Morgan fingerprint density at radius 1 is 1.56 bits per heavy atom. The van der Waals surface area contributed by atoms with E-state index in [2.05, 4.69) is 9.71 Å². The summed E-state index contributed by atoms with van der Waals surface area (Å²) in [5, 5.41) is 0.392. The van der Waals surface area contributed by atoms with Crippen LogP contribution in [0.3, 0.4) is 0 Å². The van der Waals surface area contributed by atoms with Gasteiger partial charge < -0.3 is 10.3 Å². The number of hydrogen-bond donors (Lipinski definition) is 2. The summed E-state index contributed by atoms with van der Waals surface area (Å²) in [7, 11) is -1.97. The van der Waals surface area contributed by atoms with Crippen molar-refractivity contribution in [1.82, 2.24) is 14.3 Å². The molecule has 1 aromatic rings. The van der Waals surface area contributed by atoms with Crippen molar-refractivity contribution >= 4 is 27.6 Å². The minimum Gasteiger partial charge on any atom is -0.381 e. The number of hydrogen-bond acceptors (Lipinski definition) is 5. The number of anilines is 1. The van der Waals surface area contributed by atoms with Gasteiger partial charge in [0.2, 0.25) is 0 Å². The van der Waals surface area contributed by atoms with Gasteiger partial charge in [-0.05, 0) is 19.1 Å². The van der Waals surface area contributed by atoms with E-state index in [1.165, 1.54) is 10.9 Å². The maximum absolute atomic E-state index is 12.3. The largest absolute Gasteiger partial charge is 0.381 e. The predicted molar refractivity (Wildman–Crippen MR) is 72.9 cm³/mol. The van der Waals surface area contributed by atoms with Crippen molar-refractivity contribution in [3.05, 3.63) is 6.33 Å². The summed E-state index contributed by atoms with van der Waals surface area (Å²) in [6.07, 6.45) is 6.40. The van der Waals surface area contributed by atoms with E-state index in [4.69, 9.17) is 5.73 Å². The Morgan fingerprint density at radius 2 is 2.28 bits per heavy atom. The third-order valence-electron chi connectivity index (χ3n) is 3.23. The third kappa shape index (κ3) is 2.50. The Morgan fingerprint density at radius 3 is 2.83 bits per heavy atom. The van der Waals surface area contributed by atoms with Crippen LogP contribution < -0.4 is 10.5 Å². The number of aromatic nitrogens is 2. The van der Waals surface area contributed by atoms with E-state index in [0.29, 0.717) is 5.25 Å². The smallest absolute Gasteiger partial charge is 0.260 e. The summed E-state index contributed by atoms with van der Waals surface area (Å²) in [6, 6.07) is -0.0145. The SMILES string of the molecule is CSC1CCCC1NS(=O)(=O)c1c(N)ncn1C. The van der Waals surface area contributed by atoms with Gasteiger partial charge in [0.15, 0.2) is 10.8 Å². The van der Waals surface area contributed by atoms with Gasteiger partial charge in [-0.15, -0.1) is 0 Å². The molecule has 0 amide bonds. The number of nitrogens with one attached hydrogen (secondary N) is 1. The summed E-state index contributed by atoms with van der Waals surface area (Å²) in [5.41, 5.74) is 5.61. The number of nitrogens with two attached hydrogens (primary N) is 1. The van der Waals surface area contributed by atoms with Crippen LogP contribution in [0.2, 0.25) is 0 Å². The number of rotatable bonds is 4. The van der Waals surface area contributed by atoms with Crippen LogP contribution >= 0.6 is 11.8 Å². The van der Waals surface area contributed by atoms with Crippen LogP contribution in [-0.4, -0.2) is 35.5 Å². The first kappa shape index (κ1) is 13.7. The second-order valence-corrected chi connectivity index (χ2v) is 7.18. The van der Waals surface area contributed by atoms with E-state index in [1.54, 1.807) is 18.8 Å². The summed E-state index contributed by atoms with van der Waals surface area (Å²) in [4.78, 5) is 3.81. The third-order valence-corrected chi connectivity index (χ3v) is 6.01. The maximum Gasteiger partial charge on any atom is 0.260 e. The lowest BCUT2D eigenvalue weighted by Crippen LogP contribution is -2.39. The molecule has 0 saturated heterocycles. The van der Waals surface area contributed by atoms with Gasteiger partial charge in [-0.3, -0.25) is 0 Å². The number of imidazole rings is 1. The quantitative estimate of drug-likeness (QED) is 0.846. The zero-order chi connectivity index (χ0) is 13.3. The molecule has 0 aromatic carbocycles. The highest BCUT2D eigenvalue weighted by Gasteiger charge is 2.32. The molecule has 3 N–H and O–H groups in total. The first-order valence-electron chi connectivity index (χ1n) is 5.77. The number of sulfonamides is 1. The molecule has 18 heavy (non-hydrogen) atoms. The first-order valence-corrected chi connectivity index (χ1v) is 8.54. The minimum atomic E-state index is -3.59. The summed E-state index contributed by atoms with van der Waals surface area (Å²) < 4.78 is 28.8. The van der Waals surface area contributed by atoms with E-state index in [9.17, 15) is 8.42 Å². The number of nitrogens with zero attached hydrogens (tertiary/aromatic N) is 2. The van der Waals surface area contributed by atoms with Crippen LogP contribution in [0.4, 0.5) is 5.82 Å². The van der Waals surface area contributed by atoms with Crippen molar-refractivity contribution in [3.63, 3.8) is 0 Å². The highest BCUT2D eigenvalue weighted by atomic mass is 32.2. The molecular formula is C10H18N4O2S2. The van der Waals surface area contributed by atoms with Gasteiger partial charge in [-0.25, -0.2) is 18.1 Å². The second-order valence-electron chi connectivity index (χ2n) is 4.48. The molecule has 0 bridgehead atoms. The van der Waals surface area contributed by atoms with E-state index in [0.717, 1.165) is 19.3 Å². The highest BCUT2D eigenvalue weighted by molar-refractivity contribution is 7.99. The van der Waals surface area contributed by atoms with Crippen LogP contribution in [0.5, 0.6) is 0 Å². The Bertz CT molecular complexity index is 506. The molecule has 0 aliphatic heterocycles. The molecule has 1 heterocycles. The topological polar surface area (TPSA) is 90.0 Å². The fourth-order valence-electron chi connectivity index (χ4n) is 2.36. The van der Waals surface area contributed by atoms with Gasteiger partial charge in [0.25, 0.3) is 10.0 Å². The molecule has 6 nitrogen and oxygen atoms in total. The molecule has 0 radical (unpaired) electrons. The lowest BCUT2D eigenvalue weighted by Gasteiger charge is -2.19. The normalized spacial score (nSPS) is 24.6. The summed E-state index contributed by atoms with van der Waals surface area (Å²) >= 11 is 1.71. The van der Waals surface area contributed by atoms with E-state index in [1.807, 2.05) is 6.26 Å². The predicted octanol–water partition coefficient (Wildman–Crippen LogP) is 0.565. The molecule has 1 saturated carbocycles. The Kier molecular flexibility index (Phi) is 3.88. The van der Waals surface area contributed by atoms with E-state index in [-0.39, 0.29) is 16.9 Å². The summed E-state index contributed by atoms with van der Waals surface area (Å²) in [6.45, 7) is 0. The van der Waals surface area contributed by atoms with Crippen LogP contribution in [0, 0.1) is 0 Å². The van der Waals surface area contributed by atoms with Gasteiger partial charge in [-0.2, -0.15) is 11.8 Å². The zero-order valence-corrected chi connectivity index (χ0v) is 12.1. The van der Waals surface area contributed by atoms with Crippen molar-refractivity contribution in [3.8, 4) is 0 Å². The van der Waals surface area contributed by atoms with Crippen LogP contribution in [0.1, 0.15) is 19.3 Å². The average Bonchev–Trinajstić information content (AvgIpc) is 2.85. The maximum atomic E-state index is 12.3. The van der Waals surface area contributed by atoms with Gasteiger partial charge >= 0.3 is 0 Å². The molecule has 2 atom stereocenters. The number of aryl methyl sites for hydroxylation is 1. The van der Waals surface area contributed by atoms with E-state index >= 15 is 0 Å². The number of nitrogen functional groups attached to an aromatic ring is 1. The van der Waals surface area contributed by atoms with Crippen LogP contribution in [0.25, 0.3) is 0 Å². The lowest BCUT2D eigenvalue weighted by molar-refractivity contribution is 0.547. The summed E-state index contributed by atoms with van der Waals surface area (Å²) in [5.74, 6) is 0.0451. The van der Waals surface area contributed by atoms with Gasteiger partial charge in [0, 0.05) is 18.3 Å². The van der Waals surface area contributed by atoms with Crippen LogP contribution in [0.15, 0.2) is 11.4 Å². The molecule has 1 fully saturated rings. The molecule has 1 aromatic heterocycles. The zero-order valence-electron chi connectivity index (χ0n) is 10.5. The molecule has 0 spiro atoms. The standard InChI is InChI=1S/C10H18N4O2S2/c1-14-6-12-9(11)10(14)18(15,16)13-7-4-3-5-8(7)17-2/h6-8,13H,3-5,11H2,1-2H3. The molecule has 1 aliphatic carbocycles. The van der Waals surface area contributed by atoms with Gasteiger partial charge in [0.05, 0.1) is 6.33 Å². The number of thioether (sulfide) groups is 1. The average molecular weight is 290 g/mol. The minimum absolute atomic E-state index is 0.0145. The van der Waals surface area contributed by atoms with Gasteiger partial charge in [0.1, 0.15) is 0 Å².